The van der Waals surface area contributed by atoms with Crippen molar-refractivity contribution in [1.82, 2.24) is 4.90 Å². The summed E-state index contributed by atoms with van der Waals surface area (Å²) in [6.45, 7) is 5.19. The molecule has 2 unspecified atom stereocenters. The number of nitrogens with two attached hydrogens (primary N) is 1. The van der Waals surface area contributed by atoms with Crippen molar-refractivity contribution in [2.45, 2.75) is 26.3 Å². The zero-order chi connectivity index (χ0) is 15.4. The highest BCUT2D eigenvalue weighted by Gasteiger charge is 2.38. The lowest BCUT2D eigenvalue weighted by Gasteiger charge is -2.29. The van der Waals surface area contributed by atoms with Crippen LogP contribution in [0.1, 0.15) is 20.3 Å². The number of carbonyl (C=O) groups excluding carboxylic acids is 2. The van der Waals surface area contributed by atoms with E-state index in [0.29, 0.717) is 26.1 Å². The van der Waals surface area contributed by atoms with Crippen LogP contribution >= 0.6 is 12.4 Å². The fourth-order valence-electron chi connectivity index (χ4n) is 2.73. The second-order valence-corrected chi connectivity index (χ2v) is 5.39. The molecule has 5 nitrogen and oxygen atoms in total. The van der Waals surface area contributed by atoms with Crippen LogP contribution in [-0.4, -0.2) is 42.4 Å². The Kier molecular flexibility index (Phi) is 6.84. The first kappa shape index (κ1) is 18.5. The normalized spacial score (nSPS) is 18.8. The molecular formula is C16H24ClN3O2. The minimum atomic E-state index is -0.364. The maximum atomic E-state index is 12.6. The summed E-state index contributed by atoms with van der Waals surface area (Å²) < 4.78 is 0. The minimum absolute atomic E-state index is 0. The molecule has 22 heavy (non-hydrogen) atoms. The molecule has 0 saturated carbocycles. The molecule has 0 spiro atoms. The van der Waals surface area contributed by atoms with Crippen LogP contribution in [0.3, 0.4) is 0 Å². The maximum absolute atomic E-state index is 12.6. The Labute approximate surface area is 137 Å². The summed E-state index contributed by atoms with van der Waals surface area (Å²) in [6.07, 6.45) is 0.671. The van der Waals surface area contributed by atoms with Crippen LogP contribution in [0.15, 0.2) is 30.3 Å². The second kappa shape index (κ2) is 8.15. The van der Waals surface area contributed by atoms with Gasteiger partial charge in [0.1, 0.15) is 6.04 Å². The van der Waals surface area contributed by atoms with Crippen LogP contribution in [0, 0.1) is 5.92 Å². The van der Waals surface area contributed by atoms with Gasteiger partial charge < -0.3 is 15.5 Å². The van der Waals surface area contributed by atoms with Crippen LogP contribution in [0.2, 0.25) is 0 Å². The summed E-state index contributed by atoms with van der Waals surface area (Å²) in [7, 11) is 0. The summed E-state index contributed by atoms with van der Waals surface area (Å²) in [6, 6.07) is 9.22. The Bertz CT molecular complexity index is 509. The van der Waals surface area contributed by atoms with Crippen LogP contribution in [0.4, 0.5) is 5.69 Å². The van der Waals surface area contributed by atoms with Gasteiger partial charge in [0.05, 0.1) is 0 Å². The van der Waals surface area contributed by atoms with Gasteiger partial charge >= 0.3 is 0 Å². The third-order valence-corrected chi connectivity index (χ3v) is 4.02. The number of benzene rings is 1. The van der Waals surface area contributed by atoms with Crippen molar-refractivity contribution in [2.75, 3.05) is 24.5 Å². The van der Waals surface area contributed by atoms with Crippen molar-refractivity contribution in [3.63, 3.8) is 0 Å². The molecule has 122 valence electrons. The van der Waals surface area contributed by atoms with Crippen LogP contribution in [-0.2, 0) is 9.59 Å². The number of nitrogens with zero attached hydrogens (tertiary/aromatic N) is 2. The van der Waals surface area contributed by atoms with Crippen molar-refractivity contribution in [2.24, 2.45) is 11.7 Å². The number of halogens is 1. The number of para-hydroxylation sites is 1. The molecule has 1 aromatic carbocycles. The lowest BCUT2D eigenvalue weighted by atomic mass is 10.1. The average molecular weight is 326 g/mol. The molecule has 1 saturated heterocycles. The Morgan fingerprint density at radius 2 is 2.05 bits per heavy atom. The molecule has 1 aliphatic heterocycles. The number of amides is 2. The minimum Gasteiger partial charge on any atom is -0.331 e. The molecule has 6 heteroatoms. The largest absolute Gasteiger partial charge is 0.331 e. The molecule has 0 bridgehead atoms. The van der Waals surface area contributed by atoms with E-state index in [1.807, 2.05) is 37.3 Å². The van der Waals surface area contributed by atoms with E-state index < -0.39 is 0 Å². The average Bonchev–Trinajstić information content (AvgIpc) is 2.90. The van der Waals surface area contributed by atoms with Gasteiger partial charge in [-0.15, -0.1) is 12.4 Å². The monoisotopic (exact) mass is 325 g/mol. The van der Waals surface area contributed by atoms with Gasteiger partial charge in [-0.05, 0) is 25.5 Å². The molecule has 0 aliphatic carbocycles. The SMILES string of the molecule is CCN(C(=O)C(C)CN)C1CCN(c2ccccc2)C1=O.Cl. The first-order chi connectivity index (χ1) is 10.1. The van der Waals surface area contributed by atoms with E-state index in [1.54, 1.807) is 16.7 Å². The topological polar surface area (TPSA) is 66.6 Å². The predicted octanol–water partition coefficient (Wildman–Crippen LogP) is 1.66. The highest BCUT2D eigenvalue weighted by Crippen LogP contribution is 2.24. The van der Waals surface area contributed by atoms with Gasteiger partial charge in [0.2, 0.25) is 11.8 Å². The lowest BCUT2D eigenvalue weighted by Crippen LogP contribution is -2.48. The summed E-state index contributed by atoms with van der Waals surface area (Å²) in [5.74, 6) is -0.280. The molecule has 1 aliphatic rings. The first-order valence-electron chi connectivity index (χ1n) is 7.47. The van der Waals surface area contributed by atoms with Crippen molar-refractivity contribution < 1.29 is 9.59 Å². The predicted molar refractivity (Wildman–Crippen MR) is 90.1 cm³/mol. The van der Waals surface area contributed by atoms with E-state index in [1.165, 1.54) is 0 Å². The Morgan fingerprint density at radius 3 is 2.59 bits per heavy atom. The number of hydrogen-bond acceptors (Lipinski definition) is 3. The summed E-state index contributed by atoms with van der Waals surface area (Å²) in [5, 5.41) is 0. The van der Waals surface area contributed by atoms with Gasteiger partial charge in [-0.2, -0.15) is 0 Å². The third-order valence-electron chi connectivity index (χ3n) is 4.02. The van der Waals surface area contributed by atoms with Gasteiger partial charge in [0.15, 0.2) is 0 Å². The van der Waals surface area contributed by atoms with Crippen molar-refractivity contribution in [3.05, 3.63) is 30.3 Å². The number of rotatable bonds is 5. The fraction of sp³-hybridized carbons (Fsp3) is 0.500. The van der Waals surface area contributed by atoms with E-state index in [2.05, 4.69) is 0 Å². The van der Waals surface area contributed by atoms with Crippen LogP contribution in [0.25, 0.3) is 0 Å². The van der Waals surface area contributed by atoms with Crippen LogP contribution < -0.4 is 10.6 Å². The van der Waals surface area contributed by atoms with Crippen molar-refractivity contribution in [1.29, 1.82) is 0 Å². The van der Waals surface area contributed by atoms with Gasteiger partial charge in [0, 0.05) is 31.2 Å². The molecule has 1 heterocycles. The van der Waals surface area contributed by atoms with Gasteiger partial charge in [-0.25, -0.2) is 0 Å². The number of hydrogen-bond donors (Lipinski definition) is 1. The zero-order valence-electron chi connectivity index (χ0n) is 13.1. The Balaban J connectivity index is 0.00000242. The third kappa shape index (κ3) is 3.59. The maximum Gasteiger partial charge on any atom is 0.249 e. The summed E-state index contributed by atoms with van der Waals surface area (Å²) in [4.78, 5) is 28.4. The van der Waals surface area contributed by atoms with Gasteiger partial charge in [0.25, 0.3) is 0 Å². The molecule has 2 N–H and O–H groups in total. The molecule has 2 rings (SSSR count). The van der Waals surface area contributed by atoms with Crippen molar-refractivity contribution >= 4 is 29.9 Å². The lowest BCUT2D eigenvalue weighted by molar-refractivity contribution is -0.140. The molecule has 2 atom stereocenters. The van der Waals surface area contributed by atoms with Crippen LogP contribution in [0.5, 0.6) is 0 Å². The highest BCUT2D eigenvalue weighted by molar-refractivity contribution is 6.01. The molecule has 2 amide bonds. The van der Waals surface area contributed by atoms with E-state index >= 15 is 0 Å². The smallest absolute Gasteiger partial charge is 0.249 e. The number of anilines is 1. The molecule has 0 aromatic heterocycles. The highest BCUT2D eigenvalue weighted by atomic mass is 35.5. The first-order valence-corrected chi connectivity index (χ1v) is 7.47. The van der Waals surface area contributed by atoms with Gasteiger partial charge in [-0.3, -0.25) is 9.59 Å². The molecule has 1 aromatic rings. The van der Waals surface area contributed by atoms with E-state index in [4.69, 9.17) is 5.73 Å². The molecule has 0 radical (unpaired) electrons. The van der Waals surface area contributed by atoms with E-state index in [-0.39, 0.29) is 36.2 Å². The number of likely N-dealkylation sites (N-methyl/N-ethyl adjacent to an activating group) is 1. The fourth-order valence-corrected chi connectivity index (χ4v) is 2.73. The second-order valence-electron chi connectivity index (χ2n) is 5.39. The van der Waals surface area contributed by atoms with Gasteiger partial charge in [-0.1, -0.05) is 25.1 Å². The summed E-state index contributed by atoms with van der Waals surface area (Å²) >= 11 is 0. The quantitative estimate of drug-likeness (QED) is 0.895. The molecular weight excluding hydrogens is 302 g/mol. The molecule has 1 fully saturated rings. The summed E-state index contributed by atoms with van der Waals surface area (Å²) in [5.41, 5.74) is 6.46. The van der Waals surface area contributed by atoms with Crippen molar-refractivity contribution in [3.8, 4) is 0 Å². The van der Waals surface area contributed by atoms with E-state index in [9.17, 15) is 9.59 Å². The van der Waals surface area contributed by atoms with E-state index in [0.717, 1.165) is 5.69 Å². The Morgan fingerprint density at radius 1 is 1.41 bits per heavy atom. The standard InChI is InChI=1S/C16H23N3O2.ClH/c1-3-18(15(20)12(2)11-17)14-9-10-19(16(14)21)13-7-5-4-6-8-13;/h4-8,12,14H,3,9-11,17H2,1-2H3;1H. The number of carbonyl (C=O) groups is 2. The zero-order valence-corrected chi connectivity index (χ0v) is 13.9. The Hall–Kier alpha value is -1.59.